The smallest absolute Gasteiger partial charge is 0.349 e. The lowest BCUT2D eigenvalue weighted by atomic mass is 10.0. The van der Waals surface area contributed by atoms with Crippen LogP contribution in [0.2, 0.25) is 5.02 Å². The lowest BCUT2D eigenvalue weighted by Crippen LogP contribution is -2.50. The van der Waals surface area contributed by atoms with E-state index in [0.717, 1.165) is 19.2 Å². The minimum Gasteiger partial charge on any atom is -0.350 e. The molecule has 18 heavy (non-hydrogen) atoms. The second-order valence-corrected chi connectivity index (χ2v) is 4.76. The fourth-order valence-electron chi connectivity index (χ4n) is 1.66. The van der Waals surface area contributed by atoms with Gasteiger partial charge < -0.3 is 10.6 Å². The van der Waals surface area contributed by atoms with Gasteiger partial charge in [0.15, 0.2) is 0 Å². The van der Waals surface area contributed by atoms with Crippen LogP contribution >= 0.6 is 11.6 Å². The highest BCUT2D eigenvalue weighted by Gasteiger charge is 2.41. The molecule has 0 unspecified atom stereocenters. The van der Waals surface area contributed by atoms with Crippen molar-refractivity contribution in [3.8, 4) is 0 Å². The van der Waals surface area contributed by atoms with Gasteiger partial charge in [0, 0.05) is 36.1 Å². The molecule has 98 valence electrons. The summed E-state index contributed by atoms with van der Waals surface area (Å²) in [5, 5.41) is 5.46. The largest absolute Gasteiger partial charge is 0.350 e. The van der Waals surface area contributed by atoms with Gasteiger partial charge in [-0.1, -0.05) is 23.7 Å². The van der Waals surface area contributed by atoms with Crippen molar-refractivity contribution in [2.24, 2.45) is 5.92 Å². The van der Waals surface area contributed by atoms with Crippen LogP contribution in [0.15, 0.2) is 24.3 Å². The number of carbonyl (C=O) groups is 1. The fourth-order valence-corrected chi connectivity index (χ4v) is 1.85. The fraction of sp³-hybridized carbons (Fsp3) is 0.417. The molecular weight excluding hydrogens is 262 g/mol. The maximum absolute atomic E-state index is 13.8. The van der Waals surface area contributed by atoms with Gasteiger partial charge >= 0.3 is 5.92 Å². The molecular formula is C12H13ClF2N2O. The Morgan fingerprint density at radius 1 is 1.50 bits per heavy atom. The van der Waals surface area contributed by atoms with Crippen molar-refractivity contribution in [1.82, 2.24) is 10.6 Å². The molecule has 0 aliphatic carbocycles. The Hall–Kier alpha value is -1.20. The van der Waals surface area contributed by atoms with E-state index in [1.54, 1.807) is 0 Å². The van der Waals surface area contributed by atoms with E-state index in [1.165, 1.54) is 18.2 Å². The molecule has 0 radical (unpaired) electrons. The van der Waals surface area contributed by atoms with Crippen molar-refractivity contribution in [2.45, 2.75) is 5.92 Å². The summed E-state index contributed by atoms with van der Waals surface area (Å²) in [4.78, 5) is 11.5. The minimum absolute atomic E-state index is 0.183. The van der Waals surface area contributed by atoms with Crippen LogP contribution in [0.5, 0.6) is 0 Å². The molecule has 1 heterocycles. The molecule has 1 aliphatic heterocycles. The van der Waals surface area contributed by atoms with Crippen LogP contribution in [-0.4, -0.2) is 25.5 Å². The van der Waals surface area contributed by atoms with Crippen LogP contribution in [0.25, 0.3) is 0 Å². The van der Waals surface area contributed by atoms with E-state index in [1.807, 2.05) is 0 Å². The van der Waals surface area contributed by atoms with Gasteiger partial charge in [-0.15, -0.1) is 0 Å². The zero-order valence-corrected chi connectivity index (χ0v) is 10.3. The number of benzene rings is 1. The normalized spacial score (nSPS) is 16.2. The summed E-state index contributed by atoms with van der Waals surface area (Å²) in [5.74, 6) is -4.59. The van der Waals surface area contributed by atoms with Crippen LogP contribution in [0.4, 0.5) is 8.78 Å². The number of alkyl halides is 2. The zero-order valence-electron chi connectivity index (χ0n) is 9.55. The number of nitrogens with one attached hydrogen (secondary N) is 2. The molecule has 0 saturated carbocycles. The Labute approximate surface area is 109 Å². The first kappa shape index (κ1) is 13.2. The Morgan fingerprint density at radius 2 is 2.22 bits per heavy atom. The molecule has 0 bridgehead atoms. The van der Waals surface area contributed by atoms with Crippen LogP contribution in [0.3, 0.4) is 0 Å². The van der Waals surface area contributed by atoms with Gasteiger partial charge in [0.2, 0.25) is 0 Å². The van der Waals surface area contributed by atoms with Crippen molar-refractivity contribution < 1.29 is 13.6 Å². The van der Waals surface area contributed by atoms with E-state index >= 15 is 0 Å². The lowest BCUT2D eigenvalue weighted by molar-refractivity contribution is -0.147. The molecule has 2 rings (SSSR count). The van der Waals surface area contributed by atoms with Crippen molar-refractivity contribution in [3.05, 3.63) is 34.9 Å². The third kappa shape index (κ3) is 2.79. The molecule has 1 amide bonds. The van der Waals surface area contributed by atoms with Crippen molar-refractivity contribution in [3.63, 3.8) is 0 Å². The van der Waals surface area contributed by atoms with Crippen molar-refractivity contribution in [2.75, 3.05) is 19.6 Å². The summed E-state index contributed by atoms with van der Waals surface area (Å²) in [6.07, 6.45) is 0. The number of hydrogen-bond acceptors (Lipinski definition) is 2. The molecule has 0 spiro atoms. The van der Waals surface area contributed by atoms with Gasteiger partial charge in [-0.05, 0) is 12.1 Å². The quantitative estimate of drug-likeness (QED) is 0.879. The van der Waals surface area contributed by atoms with E-state index in [-0.39, 0.29) is 23.0 Å². The summed E-state index contributed by atoms with van der Waals surface area (Å²) >= 11 is 5.64. The molecule has 3 nitrogen and oxygen atoms in total. The van der Waals surface area contributed by atoms with Crippen LogP contribution in [0, 0.1) is 5.92 Å². The predicted molar refractivity (Wildman–Crippen MR) is 64.7 cm³/mol. The monoisotopic (exact) mass is 274 g/mol. The van der Waals surface area contributed by atoms with Gasteiger partial charge in [-0.3, -0.25) is 4.79 Å². The van der Waals surface area contributed by atoms with Gasteiger partial charge in [0.25, 0.3) is 5.91 Å². The lowest BCUT2D eigenvalue weighted by Gasteiger charge is -2.28. The number of amides is 1. The third-order valence-electron chi connectivity index (χ3n) is 2.89. The molecule has 0 atom stereocenters. The first-order valence-corrected chi connectivity index (χ1v) is 6.01. The predicted octanol–water partition coefficient (Wildman–Crippen LogP) is 1.77. The molecule has 1 aliphatic rings. The molecule has 2 N–H and O–H groups in total. The summed E-state index contributed by atoms with van der Waals surface area (Å²) in [5.41, 5.74) is -0.390. The summed E-state index contributed by atoms with van der Waals surface area (Å²) in [6.45, 7) is 1.77. The summed E-state index contributed by atoms with van der Waals surface area (Å²) < 4.78 is 27.6. The van der Waals surface area contributed by atoms with E-state index in [9.17, 15) is 13.6 Å². The van der Waals surface area contributed by atoms with E-state index in [4.69, 9.17) is 11.6 Å². The Morgan fingerprint density at radius 3 is 2.78 bits per heavy atom. The van der Waals surface area contributed by atoms with Crippen LogP contribution in [0.1, 0.15) is 5.56 Å². The highest BCUT2D eigenvalue weighted by atomic mass is 35.5. The first-order chi connectivity index (χ1) is 8.50. The molecule has 1 aromatic rings. The van der Waals surface area contributed by atoms with Crippen molar-refractivity contribution >= 4 is 17.5 Å². The third-order valence-corrected chi connectivity index (χ3v) is 3.12. The topological polar surface area (TPSA) is 41.1 Å². The van der Waals surface area contributed by atoms with Gasteiger partial charge in [-0.25, -0.2) is 0 Å². The standard InChI is InChI=1S/C12H13ClF2N2O/c13-10-3-1-2-9(4-10)12(14,15)11(18)17-7-8-5-16-6-8/h1-4,8,16H,5-7H2,(H,17,18). The zero-order chi connectivity index (χ0) is 13.2. The number of carbonyl (C=O) groups excluding carboxylic acids is 1. The van der Waals surface area contributed by atoms with E-state index in [2.05, 4.69) is 10.6 Å². The van der Waals surface area contributed by atoms with E-state index < -0.39 is 11.8 Å². The second kappa shape index (κ2) is 5.20. The average molecular weight is 275 g/mol. The summed E-state index contributed by atoms with van der Waals surface area (Å²) in [6, 6.07) is 5.18. The van der Waals surface area contributed by atoms with Crippen LogP contribution in [-0.2, 0) is 10.7 Å². The molecule has 1 saturated heterocycles. The molecule has 1 aromatic carbocycles. The first-order valence-electron chi connectivity index (χ1n) is 5.63. The molecule has 6 heteroatoms. The minimum atomic E-state index is -3.55. The SMILES string of the molecule is O=C(NCC1CNC1)C(F)(F)c1cccc(Cl)c1. The maximum Gasteiger partial charge on any atom is 0.349 e. The Balaban J connectivity index is 2.02. The van der Waals surface area contributed by atoms with E-state index in [0.29, 0.717) is 0 Å². The number of halogens is 3. The number of rotatable bonds is 4. The highest BCUT2D eigenvalue weighted by molar-refractivity contribution is 6.30. The van der Waals surface area contributed by atoms with Crippen LogP contribution < -0.4 is 10.6 Å². The van der Waals surface area contributed by atoms with Gasteiger partial charge in [0.05, 0.1) is 0 Å². The van der Waals surface area contributed by atoms with Gasteiger partial charge in [0.1, 0.15) is 0 Å². The summed E-state index contributed by atoms with van der Waals surface area (Å²) in [7, 11) is 0. The molecule has 0 aromatic heterocycles. The number of hydrogen-bond donors (Lipinski definition) is 2. The Bertz CT molecular complexity index is 449. The molecule has 1 fully saturated rings. The Kier molecular flexibility index (Phi) is 3.82. The average Bonchev–Trinajstić information content (AvgIpc) is 2.26. The second-order valence-electron chi connectivity index (χ2n) is 4.32. The highest BCUT2D eigenvalue weighted by Crippen LogP contribution is 2.29. The van der Waals surface area contributed by atoms with Gasteiger partial charge in [-0.2, -0.15) is 8.78 Å². The maximum atomic E-state index is 13.8. The van der Waals surface area contributed by atoms with Crippen molar-refractivity contribution in [1.29, 1.82) is 0 Å².